The van der Waals surface area contributed by atoms with Gasteiger partial charge >= 0.3 is 0 Å². The average molecular weight is 193 g/mol. The van der Waals surface area contributed by atoms with Gasteiger partial charge in [0.15, 0.2) is 0 Å². The van der Waals surface area contributed by atoms with E-state index in [0.29, 0.717) is 13.0 Å². The Morgan fingerprint density at radius 2 is 1.54 bits per heavy atom. The van der Waals surface area contributed by atoms with Crippen molar-refractivity contribution < 1.29 is 4.39 Å². The second-order valence-corrected chi connectivity index (χ2v) is 2.65. The zero-order valence-electron chi connectivity index (χ0n) is 10.3. The predicted molar refractivity (Wildman–Crippen MR) is 61.0 cm³/mol. The van der Waals surface area contributed by atoms with E-state index in [1.165, 1.54) is 6.42 Å². The number of rotatable bonds is 4. The van der Waals surface area contributed by atoms with Gasteiger partial charge in [0.2, 0.25) is 0 Å². The van der Waals surface area contributed by atoms with Gasteiger partial charge < -0.3 is 5.32 Å². The topological polar surface area (TPSA) is 12.0 Å². The van der Waals surface area contributed by atoms with E-state index in [0.717, 1.165) is 6.42 Å². The van der Waals surface area contributed by atoms with Crippen LogP contribution in [0.4, 0.5) is 4.39 Å². The minimum atomic E-state index is -0.648. The summed E-state index contributed by atoms with van der Waals surface area (Å²) in [6.45, 7) is 10.7. The number of nitrogens with one attached hydrogen (secondary N) is 1. The van der Waals surface area contributed by atoms with E-state index in [-0.39, 0.29) is 0 Å². The third-order valence-corrected chi connectivity index (χ3v) is 1.03. The highest BCUT2D eigenvalue weighted by Gasteiger charge is 2.00. The molecule has 0 aliphatic heterocycles. The lowest BCUT2D eigenvalue weighted by molar-refractivity contribution is 0.305. The third kappa shape index (κ3) is 33.5. The normalized spacial score (nSPS) is 10.4. The number of halogens is 1. The van der Waals surface area contributed by atoms with Gasteiger partial charge in [-0.1, -0.05) is 47.5 Å². The maximum absolute atomic E-state index is 12.3. The largest absolute Gasteiger partial charge is 0.317 e. The van der Waals surface area contributed by atoms with Crippen LogP contribution in [-0.2, 0) is 0 Å². The van der Waals surface area contributed by atoms with E-state index in [4.69, 9.17) is 0 Å². The van der Waals surface area contributed by atoms with E-state index in [1.54, 1.807) is 7.05 Å². The van der Waals surface area contributed by atoms with Gasteiger partial charge in [-0.2, -0.15) is 0 Å². The van der Waals surface area contributed by atoms with E-state index in [1.807, 2.05) is 20.8 Å². The molecule has 1 N–H and O–H groups in total. The second-order valence-electron chi connectivity index (χ2n) is 2.65. The Bertz CT molecular complexity index is 52.1. The highest BCUT2D eigenvalue weighted by Crippen LogP contribution is 1.98. The summed E-state index contributed by atoms with van der Waals surface area (Å²) >= 11 is 0. The molecule has 0 aromatic heterocycles. The van der Waals surface area contributed by atoms with Crippen molar-refractivity contribution in [2.24, 2.45) is 0 Å². The van der Waals surface area contributed by atoms with Crippen LogP contribution >= 0.6 is 0 Å². The van der Waals surface area contributed by atoms with E-state index in [9.17, 15) is 4.39 Å². The molecule has 0 saturated heterocycles. The molecule has 0 bridgehead atoms. The molecule has 0 aliphatic carbocycles. The summed E-state index contributed by atoms with van der Waals surface area (Å²) in [6, 6.07) is 0. The van der Waals surface area contributed by atoms with Crippen molar-refractivity contribution in [3.8, 4) is 0 Å². The van der Waals surface area contributed by atoms with Crippen LogP contribution in [0.15, 0.2) is 0 Å². The van der Waals surface area contributed by atoms with Gasteiger partial charge in [0, 0.05) is 6.54 Å². The first-order chi connectivity index (χ1) is 6.22. The molecule has 13 heavy (non-hydrogen) atoms. The monoisotopic (exact) mass is 193 g/mol. The van der Waals surface area contributed by atoms with Gasteiger partial charge in [-0.3, -0.25) is 0 Å². The van der Waals surface area contributed by atoms with Crippen molar-refractivity contribution >= 4 is 0 Å². The van der Waals surface area contributed by atoms with Crippen LogP contribution in [0.3, 0.4) is 0 Å². The van der Waals surface area contributed by atoms with Crippen molar-refractivity contribution in [2.45, 2.75) is 60.1 Å². The van der Waals surface area contributed by atoms with Crippen LogP contribution in [0.25, 0.3) is 0 Å². The van der Waals surface area contributed by atoms with Crippen molar-refractivity contribution in [1.82, 2.24) is 5.32 Å². The minimum absolute atomic E-state index is 0.494. The lowest BCUT2D eigenvalue weighted by Crippen LogP contribution is -2.19. The Hall–Kier alpha value is -0.110. The summed E-state index contributed by atoms with van der Waals surface area (Å²) < 4.78 is 12.3. The van der Waals surface area contributed by atoms with Gasteiger partial charge in [-0.15, -0.1) is 0 Å². The van der Waals surface area contributed by atoms with Crippen molar-refractivity contribution in [3.05, 3.63) is 0 Å². The smallest absolute Gasteiger partial charge is 0.112 e. The Morgan fingerprint density at radius 3 is 1.77 bits per heavy atom. The number of hydrogen-bond acceptors (Lipinski definition) is 1. The molecule has 0 saturated carbocycles. The Kier molecular flexibility index (Phi) is 32.5. The average Bonchev–Trinajstić information content (AvgIpc) is 2.10. The summed E-state index contributed by atoms with van der Waals surface area (Å²) in [5, 5.41) is 2.78. The van der Waals surface area contributed by atoms with Gasteiger partial charge in [-0.25, -0.2) is 4.39 Å². The Balaban J connectivity index is -0.000000169. The first kappa shape index (κ1) is 18.6. The SMILES string of the molecule is CC.CCC.CCCC(F)CNC. The minimum Gasteiger partial charge on any atom is -0.317 e. The van der Waals surface area contributed by atoms with Gasteiger partial charge in [0.1, 0.15) is 6.17 Å². The third-order valence-electron chi connectivity index (χ3n) is 1.03. The fraction of sp³-hybridized carbons (Fsp3) is 1.00. The van der Waals surface area contributed by atoms with E-state index >= 15 is 0 Å². The molecule has 0 radical (unpaired) electrons. The molecule has 0 amide bonds. The number of alkyl halides is 1. The van der Waals surface area contributed by atoms with Crippen LogP contribution in [-0.4, -0.2) is 19.8 Å². The molecular formula is C11H28FN. The predicted octanol–water partition coefficient (Wildman–Crippen LogP) is 3.79. The van der Waals surface area contributed by atoms with Crippen LogP contribution in [0.5, 0.6) is 0 Å². The number of hydrogen-bond donors (Lipinski definition) is 1. The van der Waals surface area contributed by atoms with Gasteiger partial charge in [0.25, 0.3) is 0 Å². The first-order valence-corrected chi connectivity index (χ1v) is 5.51. The molecule has 0 aliphatic rings. The molecule has 1 atom stereocenters. The standard InChI is InChI=1S/C6H14FN.C3H8.C2H6/c1-3-4-6(7)5-8-2;1-3-2;1-2/h6,8H,3-5H2,1-2H3;3H2,1-2H3;1-2H3. The van der Waals surface area contributed by atoms with Crippen LogP contribution < -0.4 is 5.32 Å². The lowest BCUT2D eigenvalue weighted by atomic mass is 10.2. The fourth-order valence-electron chi connectivity index (χ4n) is 0.637. The van der Waals surface area contributed by atoms with Gasteiger partial charge in [0.05, 0.1) is 0 Å². The van der Waals surface area contributed by atoms with E-state index < -0.39 is 6.17 Å². The molecule has 0 fully saturated rings. The van der Waals surface area contributed by atoms with Gasteiger partial charge in [-0.05, 0) is 13.5 Å². The summed E-state index contributed by atoms with van der Waals surface area (Å²) in [7, 11) is 1.77. The Morgan fingerprint density at radius 1 is 1.15 bits per heavy atom. The summed E-state index contributed by atoms with van der Waals surface area (Å²) in [6.07, 6.45) is 2.22. The zero-order chi connectivity index (χ0) is 11.1. The summed E-state index contributed by atoms with van der Waals surface area (Å²) in [5.74, 6) is 0. The molecule has 2 heteroatoms. The molecule has 0 rings (SSSR count). The maximum Gasteiger partial charge on any atom is 0.112 e. The van der Waals surface area contributed by atoms with Crippen LogP contribution in [0.1, 0.15) is 53.9 Å². The quantitative estimate of drug-likeness (QED) is 0.716. The summed E-state index contributed by atoms with van der Waals surface area (Å²) in [4.78, 5) is 0. The van der Waals surface area contributed by atoms with Crippen LogP contribution in [0, 0.1) is 0 Å². The second kappa shape index (κ2) is 22.7. The molecule has 0 heterocycles. The molecule has 0 aromatic rings. The van der Waals surface area contributed by atoms with E-state index in [2.05, 4.69) is 19.2 Å². The van der Waals surface area contributed by atoms with Crippen molar-refractivity contribution in [3.63, 3.8) is 0 Å². The summed E-state index contributed by atoms with van der Waals surface area (Å²) in [5.41, 5.74) is 0. The lowest BCUT2D eigenvalue weighted by Gasteiger charge is -2.02. The highest BCUT2D eigenvalue weighted by molar-refractivity contribution is 4.55. The Labute approximate surface area is 84.1 Å². The molecule has 0 spiro atoms. The van der Waals surface area contributed by atoms with Crippen LogP contribution in [0.2, 0.25) is 0 Å². The molecule has 1 nitrogen and oxygen atoms in total. The van der Waals surface area contributed by atoms with Crippen molar-refractivity contribution in [2.75, 3.05) is 13.6 Å². The molecule has 0 aromatic carbocycles. The van der Waals surface area contributed by atoms with Crippen molar-refractivity contribution in [1.29, 1.82) is 0 Å². The zero-order valence-corrected chi connectivity index (χ0v) is 10.3. The highest BCUT2D eigenvalue weighted by atomic mass is 19.1. The first-order valence-electron chi connectivity index (χ1n) is 5.51. The molecular weight excluding hydrogens is 165 g/mol. The maximum atomic E-state index is 12.3. The molecule has 1 unspecified atom stereocenters. The molecule has 84 valence electrons. The fourth-order valence-corrected chi connectivity index (χ4v) is 0.637.